The van der Waals surface area contributed by atoms with Gasteiger partial charge in [-0.2, -0.15) is 0 Å². The summed E-state index contributed by atoms with van der Waals surface area (Å²) in [5.41, 5.74) is 2.81. The first-order chi connectivity index (χ1) is 19.4. The number of hydrogen-bond acceptors (Lipinski definition) is 7. The van der Waals surface area contributed by atoms with Gasteiger partial charge in [-0.05, 0) is 74.8 Å². The summed E-state index contributed by atoms with van der Waals surface area (Å²) in [6.07, 6.45) is 1.02. The number of H-pyrrole nitrogens is 1. The lowest BCUT2D eigenvalue weighted by molar-refractivity contribution is 0.102. The monoisotopic (exact) mass is 536 g/mol. The molecule has 40 heavy (non-hydrogen) atoms. The zero-order valence-electron chi connectivity index (χ0n) is 22.0. The average molecular weight is 537 g/mol. The minimum absolute atomic E-state index is 0.189. The molecule has 0 aliphatic heterocycles. The van der Waals surface area contributed by atoms with E-state index in [1.54, 1.807) is 48.7 Å². The van der Waals surface area contributed by atoms with E-state index in [-0.39, 0.29) is 17.2 Å². The van der Waals surface area contributed by atoms with Crippen molar-refractivity contribution >= 4 is 50.9 Å². The maximum absolute atomic E-state index is 12.9. The number of rotatable bonds is 8. The first-order valence-electron chi connectivity index (χ1n) is 12.7. The predicted molar refractivity (Wildman–Crippen MR) is 157 cm³/mol. The Morgan fingerprint density at radius 3 is 2.42 bits per heavy atom. The van der Waals surface area contributed by atoms with Crippen molar-refractivity contribution in [3.63, 3.8) is 0 Å². The van der Waals surface area contributed by atoms with Crippen molar-refractivity contribution in [1.29, 1.82) is 0 Å². The Hall–Kier alpha value is -5.22. The Morgan fingerprint density at radius 1 is 0.925 bits per heavy atom. The normalized spacial score (nSPS) is 11.0. The van der Waals surface area contributed by atoms with Crippen molar-refractivity contribution < 1.29 is 14.3 Å². The number of carbonyl (C=O) groups is 2. The van der Waals surface area contributed by atoms with Gasteiger partial charge in [-0.15, -0.1) is 0 Å². The van der Waals surface area contributed by atoms with E-state index in [2.05, 4.69) is 25.9 Å². The van der Waals surface area contributed by atoms with E-state index in [4.69, 9.17) is 4.74 Å². The zero-order valence-corrected chi connectivity index (χ0v) is 22.0. The fraction of sp³-hybridized carbons (Fsp3) is 0.133. The maximum Gasteiger partial charge on any atom is 0.412 e. The van der Waals surface area contributed by atoms with Gasteiger partial charge in [-0.25, -0.2) is 9.78 Å². The Bertz CT molecular complexity index is 1730. The first kappa shape index (κ1) is 26.4. The SMILES string of the molecule is CN(C)CCNC(=O)Oc1ccc2c(c1)c(=O)[nH]c1nccc(Nc3ccc(NC(=O)c4ccccc4)cc3)c12. The van der Waals surface area contributed by atoms with Gasteiger partial charge in [0.1, 0.15) is 11.4 Å². The summed E-state index contributed by atoms with van der Waals surface area (Å²) >= 11 is 0. The van der Waals surface area contributed by atoms with E-state index in [1.165, 1.54) is 0 Å². The molecule has 2 amide bonds. The van der Waals surface area contributed by atoms with Crippen molar-refractivity contribution in [1.82, 2.24) is 20.2 Å². The lowest BCUT2D eigenvalue weighted by Gasteiger charge is -2.13. The highest BCUT2D eigenvalue weighted by atomic mass is 16.6. The second kappa shape index (κ2) is 11.7. The smallest absolute Gasteiger partial charge is 0.410 e. The van der Waals surface area contributed by atoms with Crippen LogP contribution in [0.1, 0.15) is 10.4 Å². The molecule has 5 rings (SSSR count). The number of pyridine rings is 2. The van der Waals surface area contributed by atoms with Crippen molar-refractivity contribution in [2.45, 2.75) is 0 Å². The molecule has 10 heteroatoms. The Kier molecular flexibility index (Phi) is 7.70. The average Bonchev–Trinajstić information content (AvgIpc) is 2.94. The molecular formula is C30H28N6O4. The number of amides is 2. The molecular weight excluding hydrogens is 508 g/mol. The molecule has 2 heterocycles. The molecule has 0 fully saturated rings. The summed E-state index contributed by atoms with van der Waals surface area (Å²) < 4.78 is 5.38. The summed E-state index contributed by atoms with van der Waals surface area (Å²) in [5, 5.41) is 10.7. The third-order valence-electron chi connectivity index (χ3n) is 6.18. The molecule has 0 bridgehead atoms. The fourth-order valence-corrected chi connectivity index (χ4v) is 4.21. The number of benzene rings is 3. The molecule has 0 spiro atoms. The van der Waals surface area contributed by atoms with Crippen LogP contribution in [0.2, 0.25) is 0 Å². The van der Waals surface area contributed by atoms with E-state index in [0.29, 0.717) is 46.1 Å². The van der Waals surface area contributed by atoms with E-state index < -0.39 is 6.09 Å². The zero-order chi connectivity index (χ0) is 28.1. The van der Waals surface area contributed by atoms with Crippen LogP contribution in [0, 0.1) is 0 Å². The highest BCUT2D eigenvalue weighted by Crippen LogP contribution is 2.31. The molecule has 0 unspecified atom stereocenters. The Balaban J connectivity index is 1.38. The molecule has 0 atom stereocenters. The molecule has 10 nitrogen and oxygen atoms in total. The van der Waals surface area contributed by atoms with Crippen molar-refractivity contribution in [2.24, 2.45) is 0 Å². The number of carbonyl (C=O) groups excluding carboxylic acids is 2. The van der Waals surface area contributed by atoms with Gasteiger partial charge in [0.05, 0.1) is 11.1 Å². The van der Waals surface area contributed by atoms with Gasteiger partial charge in [0.15, 0.2) is 0 Å². The Morgan fingerprint density at radius 2 is 1.68 bits per heavy atom. The quantitative estimate of drug-likeness (QED) is 0.211. The minimum Gasteiger partial charge on any atom is -0.410 e. The van der Waals surface area contributed by atoms with E-state index in [9.17, 15) is 14.4 Å². The number of ether oxygens (including phenoxy) is 1. The van der Waals surface area contributed by atoms with Crippen LogP contribution >= 0.6 is 0 Å². The summed E-state index contributed by atoms with van der Waals surface area (Å²) in [4.78, 5) is 46.6. The minimum atomic E-state index is -0.592. The number of aromatic nitrogens is 2. The molecule has 4 N–H and O–H groups in total. The second-order valence-electron chi connectivity index (χ2n) is 9.39. The third-order valence-corrected chi connectivity index (χ3v) is 6.18. The van der Waals surface area contributed by atoms with Crippen molar-refractivity contribution in [2.75, 3.05) is 37.8 Å². The first-order valence-corrected chi connectivity index (χ1v) is 12.7. The summed E-state index contributed by atoms with van der Waals surface area (Å²) in [7, 11) is 3.82. The van der Waals surface area contributed by atoms with Gasteiger partial charge >= 0.3 is 6.09 Å². The summed E-state index contributed by atoms with van der Waals surface area (Å²) in [6.45, 7) is 1.11. The highest BCUT2D eigenvalue weighted by molar-refractivity contribution is 6.11. The number of nitrogens with zero attached hydrogens (tertiary/aromatic N) is 2. The summed E-state index contributed by atoms with van der Waals surface area (Å²) in [5.74, 6) is 0.0671. The van der Waals surface area contributed by atoms with Gasteiger partial charge in [-0.3, -0.25) is 9.59 Å². The number of nitrogens with one attached hydrogen (secondary N) is 4. The van der Waals surface area contributed by atoms with Gasteiger partial charge < -0.3 is 30.6 Å². The molecule has 0 radical (unpaired) electrons. The molecule has 0 saturated heterocycles. The topological polar surface area (TPSA) is 128 Å². The Labute approximate surface area is 230 Å². The third kappa shape index (κ3) is 6.08. The van der Waals surface area contributed by atoms with E-state index >= 15 is 0 Å². The number of anilines is 3. The lowest BCUT2D eigenvalue weighted by atomic mass is 10.1. The van der Waals surface area contributed by atoms with Crippen LogP contribution in [-0.2, 0) is 0 Å². The van der Waals surface area contributed by atoms with Crippen LogP contribution < -0.4 is 26.2 Å². The van der Waals surface area contributed by atoms with Gasteiger partial charge in [-0.1, -0.05) is 18.2 Å². The number of fused-ring (bicyclic) bond motifs is 3. The van der Waals surface area contributed by atoms with Crippen molar-refractivity contribution in [3.8, 4) is 5.75 Å². The second-order valence-corrected chi connectivity index (χ2v) is 9.39. The van der Waals surface area contributed by atoms with Gasteiger partial charge in [0.2, 0.25) is 0 Å². The molecule has 5 aromatic rings. The van der Waals surface area contributed by atoms with Crippen LogP contribution in [0.15, 0.2) is 89.9 Å². The van der Waals surface area contributed by atoms with Crippen LogP contribution in [0.4, 0.5) is 21.9 Å². The van der Waals surface area contributed by atoms with E-state index in [0.717, 1.165) is 11.4 Å². The van der Waals surface area contributed by atoms with Crippen LogP contribution in [-0.4, -0.2) is 54.1 Å². The number of hydrogen-bond donors (Lipinski definition) is 4. The maximum atomic E-state index is 12.9. The largest absolute Gasteiger partial charge is 0.412 e. The fourth-order valence-electron chi connectivity index (χ4n) is 4.21. The van der Waals surface area contributed by atoms with Gasteiger partial charge in [0.25, 0.3) is 11.5 Å². The summed E-state index contributed by atoms with van der Waals surface area (Å²) in [6, 6.07) is 23.1. The standard InChI is InChI=1S/C30H28N6O4/c1-36(2)17-16-32-30(39)40-22-12-13-23-24(18-22)29(38)35-27-26(23)25(14-15-31-27)33-20-8-10-21(11-9-20)34-28(37)19-6-4-3-5-7-19/h3-15,18H,16-17H2,1-2H3,(H,32,39)(H,34,37)(H2,31,33,35,38). The molecule has 202 valence electrons. The lowest BCUT2D eigenvalue weighted by Crippen LogP contribution is -2.33. The van der Waals surface area contributed by atoms with Crippen molar-refractivity contribution in [3.05, 3.63) is 101 Å². The van der Waals surface area contributed by atoms with Crippen LogP contribution in [0.3, 0.4) is 0 Å². The predicted octanol–water partition coefficient (Wildman–Crippen LogP) is 4.72. The number of likely N-dealkylation sites (N-methyl/N-ethyl adjacent to an activating group) is 1. The van der Waals surface area contributed by atoms with Crippen LogP contribution in [0.25, 0.3) is 21.8 Å². The molecule has 0 aliphatic rings. The highest BCUT2D eigenvalue weighted by Gasteiger charge is 2.13. The van der Waals surface area contributed by atoms with Crippen LogP contribution in [0.5, 0.6) is 5.75 Å². The van der Waals surface area contributed by atoms with Gasteiger partial charge in [0, 0.05) is 47.0 Å². The molecule has 3 aromatic carbocycles. The molecule has 0 saturated carbocycles. The number of aromatic amines is 1. The molecule has 0 aliphatic carbocycles. The van der Waals surface area contributed by atoms with E-state index in [1.807, 2.05) is 55.4 Å². The molecule has 2 aromatic heterocycles.